The third kappa shape index (κ3) is 4.18. The maximum Gasteiger partial charge on any atom is 0.123 e. The molecule has 0 bridgehead atoms. The van der Waals surface area contributed by atoms with Crippen molar-refractivity contribution in [2.45, 2.75) is 17.6 Å². The van der Waals surface area contributed by atoms with Gasteiger partial charge in [-0.25, -0.2) is 0 Å². The number of halogens is 1. The summed E-state index contributed by atoms with van der Waals surface area (Å²) in [5.74, 6) is 1.76. The number of benzene rings is 2. The Morgan fingerprint density at radius 3 is 2.79 bits per heavy atom. The van der Waals surface area contributed by atoms with Crippen LogP contribution in [0.3, 0.4) is 0 Å². The molecule has 0 heterocycles. The average Bonchev–Trinajstić information content (AvgIpc) is 2.39. The zero-order chi connectivity index (χ0) is 13.7. The van der Waals surface area contributed by atoms with Crippen LogP contribution in [0.15, 0.2) is 51.8 Å². The maximum atomic E-state index is 5.84. The van der Waals surface area contributed by atoms with Crippen molar-refractivity contribution >= 4 is 33.4 Å². The molecule has 0 unspecified atom stereocenters. The fourth-order valence-electron chi connectivity index (χ4n) is 1.73. The van der Waals surface area contributed by atoms with Gasteiger partial charge in [0.15, 0.2) is 0 Å². The van der Waals surface area contributed by atoms with Crippen LogP contribution >= 0.6 is 27.7 Å². The summed E-state index contributed by atoms with van der Waals surface area (Å²) < 4.78 is 6.72. The third-order valence-corrected chi connectivity index (χ3v) is 4.11. The minimum absolute atomic E-state index is 0.665. The van der Waals surface area contributed by atoms with Crippen LogP contribution in [-0.4, -0.2) is 6.61 Å². The Bertz CT molecular complexity index is 560. The second-order valence-corrected chi connectivity index (χ2v) is 6.01. The molecule has 0 saturated carbocycles. The third-order valence-electron chi connectivity index (χ3n) is 2.57. The molecular weight excluding hydrogens is 322 g/mol. The van der Waals surface area contributed by atoms with Crippen LogP contribution in [0, 0.1) is 0 Å². The zero-order valence-electron chi connectivity index (χ0n) is 10.7. The topological polar surface area (TPSA) is 35.2 Å². The molecule has 0 fully saturated rings. The second kappa shape index (κ2) is 6.87. The number of rotatable bonds is 5. The van der Waals surface area contributed by atoms with Crippen molar-refractivity contribution in [3.05, 3.63) is 52.5 Å². The minimum Gasteiger partial charge on any atom is -0.494 e. The lowest BCUT2D eigenvalue weighted by Crippen LogP contribution is -1.97. The molecule has 2 N–H and O–H groups in total. The quantitative estimate of drug-likeness (QED) is 0.633. The molecule has 100 valence electrons. The molecule has 19 heavy (non-hydrogen) atoms. The maximum absolute atomic E-state index is 5.84. The largest absolute Gasteiger partial charge is 0.494 e. The number of anilines is 1. The Morgan fingerprint density at radius 2 is 2.05 bits per heavy atom. The van der Waals surface area contributed by atoms with Crippen LogP contribution in [-0.2, 0) is 5.75 Å². The van der Waals surface area contributed by atoms with Crippen molar-refractivity contribution < 1.29 is 4.74 Å². The van der Waals surface area contributed by atoms with Gasteiger partial charge in [-0.05, 0) is 43.3 Å². The van der Waals surface area contributed by atoms with Crippen molar-refractivity contribution in [1.29, 1.82) is 0 Å². The van der Waals surface area contributed by atoms with Crippen LogP contribution in [0.4, 0.5) is 5.69 Å². The molecule has 0 saturated heterocycles. The van der Waals surface area contributed by atoms with E-state index in [1.54, 1.807) is 11.8 Å². The molecule has 0 atom stereocenters. The zero-order valence-corrected chi connectivity index (χ0v) is 13.1. The molecule has 2 nitrogen and oxygen atoms in total. The number of nitrogen functional groups attached to an aromatic ring is 1. The Hall–Kier alpha value is -1.13. The second-order valence-electron chi connectivity index (χ2n) is 4.05. The fraction of sp³-hybridized carbons (Fsp3) is 0.200. The molecule has 0 amide bonds. The number of thioether (sulfide) groups is 1. The Morgan fingerprint density at radius 1 is 1.21 bits per heavy atom. The lowest BCUT2D eigenvalue weighted by atomic mass is 10.2. The summed E-state index contributed by atoms with van der Waals surface area (Å²) in [7, 11) is 0. The summed E-state index contributed by atoms with van der Waals surface area (Å²) in [6.45, 7) is 2.65. The minimum atomic E-state index is 0.665. The smallest absolute Gasteiger partial charge is 0.123 e. The number of ether oxygens (including phenoxy) is 1. The molecule has 2 aromatic carbocycles. The monoisotopic (exact) mass is 337 g/mol. The van der Waals surface area contributed by atoms with Crippen molar-refractivity contribution in [3.63, 3.8) is 0 Å². The van der Waals surface area contributed by atoms with Gasteiger partial charge in [-0.2, -0.15) is 0 Å². The summed E-state index contributed by atoms with van der Waals surface area (Å²) >= 11 is 5.25. The lowest BCUT2D eigenvalue weighted by Gasteiger charge is -2.11. The van der Waals surface area contributed by atoms with Gasteiger partial charge >= 0.3 is 0 Å². The molecule has 0 radical (unpaired) electrons. The Kier molecular flexibility index (Phi) is 5.16. The molecule has 4 heteroatoms. The first-order valence-electron chi connectivity index (χ1n) is 6.08. The first-order valence-corrected chi connectivity index (χ1v) is 7.86. The highest BCUT2D eigenvalue weighted by atomic mass is 79.9. The van der Waals surface area contributed by atoms with Gasteiger partial charge in [-0.15, -0.1) is 11.8 Å². The molecule has 0 aliphatic heterocycles. The van der Waals surface area contributed by atoms with Crippen LogP contribution in [0.2, 0.25) is 0 Å². The molecule has 0 aliphatic rings. The molecule has 0 spiro atoms. The van der Waals surface area contributed by atoms with E-state index in [2.05, 4.69) is 28.1 Å². The summed E-state index contributed by atoms with van der Waals surface area (Å²) in [4.78, 5) is 1.22. The van der Waals surface area contributed by atoms with Gasteiger partial charge in [0, 0.05) is 26.4 Å². The molecular formula is C15H16BrNOS. The Labute approximate surface area is 126 Å². The van der Waals surface area contributed by atoms with Gasteiger partial charge in [0.25, 0.3) is 0 Å². The van der Waals surface area contributed by atoms with E-state index in [4.69, 9.17) is 10.5 Å². The molecule has 2 rings (SSSR count). The molecule has 0 aliphatic carbocycles. The van der Waals surface area contributed by atoms with E-state index in [-0.39, 0.29) is 0 Å². The van der Waals surface area contributed by atoms with E-state index in [0.29, 0.717) is 6.61 Å². The first kappa shape index (κ1) is 14.3. The van der Waals surface area contributed by atoms with Crippen molar-refractivity contribution in [1.82, 2.24) is 0 Å². The van der Waals surface area contributed by atoms with Crippen LogP contribution < -0.4 is 10.5 Å². The fourth-order valence-corrected chi connectivity index (χ4v) is 3.21. The summed E-state index contributed by atoms with van der Waals surface area (Å²) in [5.41, 5.74) is 7.75. The summed E-state index contributed by atoms with van der Waals surface area (Å²) in [6, 6.07) is 14.1. The van der Waals surface area contributed by atoms with Crippen molar-refractivity contribution in [3.8, 4) is 5.75 Å². The highest BCUT2D eigenvalue weighted by Crippen LogP contribution is 2.30. The summed E-state index contributed by atoms with van der Waals surface area (Å²) in [5, 5.41) is 0. The standard InChI is InChI=1S/C15H16BrNOS/c1-2-18-15-7-6-13(17)8-11(15)10-19-14-5-3-4-12(16)9-14/h3-9H,2,10,17H2,1H3. The Balaban J connectivity index is 2.12. The molecule has 2 aromatic rings. The highest BCUT2D eigenvalue weighted by molar-refractivity contribution is 9.10. The predicted molar refractivity (Wildman–Crippen MR) is 85.7 cm³/mol. The van der Waals surface area contributed by atoms with Gasteiger partial charge in [0.05, 0.1) is 6.61 Å². The van der Waals surface area contributed by atoms with Gasteiger partial charge in [0.2, 0.25) is 0 Å². The lowest BCUT2D eigenvalue weighted by molar-refractivity contribution is 0.337. The van der Waals surface area contributed by atoms with Crippen LogP contribution in [0.25, 0.3) is 0 Å². The van der Waals surface area contributed by atoms with Crippen molar-refractivity contribution in [2.24, 2.45) is 0 Å². The SMILES string of the molecule is CCOc1ccc(N)cc1CSc1cccc(Br)c1. The molecule has 0 aromatic heterocycles. The van der Waals surface area contributed by atoms with E-state index < -0.39 is 0 Å². The van der Waals surface area contributed by atoms with E-state index in [1.807, 2.05) is 37.3 Å². The number of nitrogens with two attached hydrogens (primary N) is 1. The predicted octanol–water partition coefficient (Wildman–Crippen LogP) is 4.72. The van der Waals surface area contributed by atoms with E-state index >= 15 is 0 Å². The van der Waals surface area contributed by atoms with Crippen LogP contribution in [0.1, 0.15) is 12.5 Å². The van der Waals surface area contributed by atoms with Gasteiger partial charge in [-0.3, -0.25) is 0 Å². The van der Waals surface area contributed by atoms with Gasteiger partial charge < -0.3 is 10.5 Å². The van der Waals surface area contributed by atoms with Crippen molar-refractivity contribution in [2.75, 3.05) is 12.3 Å². The van der Waals surface area contributed by atoms with E-state index in [0.717, 1.165) is 27.2 Å². The van der Waals surface area contributed by atoms with Gasteiger partial charge in [0.1, 0.15) is 5.75 Å². The highest BCUT2D eigenvalue weighted by Gasteiger charge is 2.05. The van der Waals surface area contributed by atoms with Crippen LogP contribution in [0.5, 0.6) is 5.75 Å². The van der Waals surface area contributed by atoms with E-state index in [9.17, 15) is 0 Å². The van der Waals surface area contributed by atoms with E-state index in [1.165, 1.54) is 4.90 Å². The average molecular weight is 338 g/mol. The number of hydrogen-bond donors (Lipinski definition) is 1. The number of hydrogen-bond acceptors (Lipinski definition) is 3. The normalized spacial score (nSPS) is 10.4. The van der Waals surface area contributed by atoms with Gasteiger partial charge in [-0.1, -0.05) is 22.0 Å². The summed E-state index contributed by atoms with van der Waals surface area (Å²) in [6.07, 6.45) is 0. The first-order chi connectivity index (χ1) is 9.19.